The van der Waals surface area contributed by atoms with Gasteiger partial charge in [-0.05, 0) is 101 Å². The summed E-state index contributed by atoms with van der Waals surface area (Å²) in [6.07, 6.45) is 0. The van der Waals surface area contributed by atoms with E-state index in [1.807, 2.05) is 12.1 Å². The lowest BCUT2D eigenvalue weighted by Gasteiger charge is -2.22. The largest absolute Gasteiger partial charge is 0.309 e. The summed E-state index contributed by atoms with van der Waals surface area (Å²) in [4.78, 5) is 0. The van der Waals surface area contributed by atoms with Gasteiger partial charge in [-0.25, -0.2) is 4.39 Å². The van der Waals surface area contributed by atoms with Gasteiger partial charge >= 0.3 is 0 Å². The van der Waals surface area contributed by atoms with Crippen LogP contribution in [0.5, 0.6) is 0 Å². The van der Waals surface area contributed by atoms with Gasteiger partial charge in [0.2, 0.25) is 0 Å². The van der Waals surface area contributed by atoms with Crippen LogP contribution in [0.25, 0.3) is 64.6 Å². The van der Waals surface area contributed by atoms with E-state index in [-0.39, 0.29) is 5.82 Å². The minimum absolute atomic E-state index is 0.350. The maximum atomic E-state index is 15.9. The molecule has 0 unspecified atom stereocenters. The fraction of sp³-hybridized carbons (Fsp3) is 0. The summed E-state index contributed by atoms with van der Waals surface area (Å²) in [5.74, 6) is -0.350. The van der Waals surface area contributed by atoms with Crippen molar-refractivity contribution in [3.05, 3.63) is 164 Å². The van der Waals surface area contributed by atoms with Crippen molar-refractivity contribution in [3.8, 4) is 0 Å². The molecular formula is C42H26FOP. The van der Waals surface area contributed by atoms with Gasteiger partial charge < -0.3 is 4.57 Å². The van der Waals surface area contributed by atoms with Crippen LogP contribution in [-0.2, 0) is 4.57 Å². The van der Waals surface area contributed by atoms with Crippen molar-refractivity contribution in [3.63, 3.8) is 0 Å². The second-order valence-corrected chi connectivity index (χ2v) is 14.5. The molecule has 1 nitrogen and oxygen atoms in total. The zero-order valence-electron chi connectivity index (χ0n) is 24.2. The standard InChI is InChI=1S/C42H26FOP/c43-27-17-19-28(20-18-27)45(44,29-21-23-39-35-13-3-1-9-31(35)33-11-5-7-15-37(33)41(39)25-29)30-22-24-40-36-14-4-2-10-32(36)34-12-6-8-16-38(34)42(40)26-30/h1-26H. The highest BCUT2D eigenvalue weighted by atomic mass is 31.2. The molecule has 0 amide bonds. The molecule has 0 saturated heterocycles. The lowest BCUT2D eigenvalue weighted by atomic mass is 9.94. The van der Waals surface area contributed by atoms with Crippen LogP contribution in [0.3, 0.4) is 0 Å². The van der Waals surface area contributed by atoms with Crippen molar-refractivity contribution in [2.75, 3.05) is 0 Å². The van der Waals surface area contributed by atoms with Gasteiger partial charge in [0.15, 0.2) is 7.14 Å². The Morgan fingerprint density at radius 2 is 0.578 bits per heavy atom. The minimum atomic E-state index is -3.45. The third-order valence-corrected chi connectivity index (χ3v) is 12.4. The molecule has 0 bridgehead atoms. The average Bonchev–Trinajstić information content (AvgIpc) is 3.11. The van der Waals surface area contributed by atoms with Gasteiger partial charge in [0, 0.05) is 15.9 Å². The van der Waals surface area contributed by atoms with E-state index < -0.39 is 7.14 Å². The molecule has 0 saturated carbocycles. The monoisotopic (exact) mass is 596 g/mol. The molecule has 212 valence electrons. The molecule has 9 rings (SSSR count). The number of hydrogen-bond donors (Lipinski definition) is 0. The molecule has 9 aromatic rings. The molecule has 0 radical (unpaired) electrons. The van der Waals surface area contributed by atoms with Crippen LogP contribution in [0.4, 0.5) is 4.39 Å². The second-order valence-electron chi connectivity index (χ2n) is 11.7. The molecule has 0 heterocycles. The Bertz CT molecular complexity index is 2460. The highest BCUT2D eigenvalue weighted by Gasteiger charge is 2.31. The minimum Gasteiger partial charge on any atom is -0.309 e. The van der Waals surface area contributed by atoms with E-state index in [0.29, 0.717) is 5.30 Å². The highest BCUT2D eigenvalue weighted by Crippen LogP contribution is 2.46. The molecule has 0 fully saturated rings. The number of rotatable bonds is 3. The van der Waals surface area contributed by atoms with Crippen molar-refractivity contribution in [2.45, 2.75) is 0 Å². The first-order valence-electron chi connectivity index (χ1n) is 15.1. The SMILES string of the molecule is O=P(c1ccc(F)cc1)(c1ccc2c3ccccc3c3ccccc3c2c1)c1ccc2c3ccccc3c3ccccc3c2c1. The third-order valence-electron chi connectivity index (χ3n) is 9.37. The Kier molecular flexibility index (Phi) is 5.72. The maximum absolute atomic E-state index is 15.9. The van der Waals surface area contributed by atoms with Crippen LogP contribution >= 0.6 is 7.14 Å². The van der Waals surface area contributed by atoms with Gasteiger partial charge in [-0.15, -0.1) is 0 Å². The van der Waals surface area contributed by atoms with Gasteiger partial charge in [-0.1, -0.05) is 121 Å². The van der Waals surface area contributed by atoms with Crippen molar-refractivity contribution in [1.29, 1.82) is 0 Å². The second kappa shape index (κ2) is 9.86. The zero-order chi connectivity index (χ0) is 30.1. The number of fused-ring (bicyclic) bond motifs is 12. The van der Waals surface area contributed by atoms with Crippen LogP contribution in [0, 0.1) is 5.82 Å². The van der Waals surface area contributed by atoms with E-state index in [1.165, 1.54) is 44.5 Å². The van der Waals surface area contributed by atoms with Gasteiger partial charge in [-0.3, -0.25) is 0 Å². The fourth-order valence-electron chi connectivity index (χ4n) is 7.28. The van der Waals surface area contributed by atoms with Crippen LogP contribution in [-0.4, -0.2) is 0 Å². The number of halogens is 1. The summed E-state index contributed by atoms with van der Waals surface area (Å²) in [6.45, 7) is 0. The van der Waals surface area contributed by atoms with E-state index in [2.05, 4.69) is 121 Å². The maximum Gasteiger partial charge on any atom is 0.171 e. The molecule has 0 aromatic heterocycles. The van der Waals surface area contributed by atoms with Crippen LogP contribution < -0.4 is 15.9 Å². The molecule has 0 aliphatic heterocycles. The van der Waals surface area contributed by atoms with Gasteiger partial charge in [0.05, 0.1) is 0 Å². The summed E-state index contributed by atoms with van der Waals surface area (Å²) >= 11 is 0. The van der Waals surface area contributed by atoms with Crippen LogP contribution in [0.1, 0.15) is 0 Å². The van der Waals surface area contributed by atoms with Crippen LogP contribution in [0.15, 0.2) is 158 Å². The topological polar surface area (TPSA) is 17.1 Å². The molecule has 0 spiro atoms. The first kappa shape index (κ1) is 26.1. The summed E-state index contributed by atoms with van der Waals surface area (Å²) in [5.41, 5.74) is 0. The van der Waals surface area contributed by atoms with Crippen LogP contribution in [0.2, 0.25) is 0 Å². The predicted molar refractivity (Wildman–Crippen MR) is 191 cm³/mol. The zero-order valence-corrected chi connectivity index (χ0v) is 25.1. The Hall–Kier alpha value is -5.30. The smallest absolute Gasteiger partial charge is 0.171 e. The van der Waals surface area contributed by atoms with E-state index in [4.69, 9.17) is 0 Å². The molecule has 0 aliphatic carbocycles. The van der Waals surface area contributed by atoms with Crippen molar-refractivity contribution in [2.24, 2.45) is 0 Å². The number of hydrogen-bond acceptors (Lipinski definition) is 1. The first-order valence-corrected chi connectivity index (χ1v) is 16.9. The van der Waals surface area contributed by atoms with E-state index in [0.717, 1.165) is 42.9 Å². The summed E-state index contributed by atoms with van der Waals surface area (Å²) < 4.78 is 30.1. The summed E-state index contributed by atoms with van der Waals surface area (Å²) in [5, 5.41) is 15.7. The van der Waals surface area contributed by atoms with E-state index >= 15 is 4.57 Å². The van der Waals surface area contributed by atoms with E-state index in [1.54, 1.807) is 12.1 Å². The normalized spacial score (nSPS) is 12.2. The lowest BCUT2D eigenvalue weighted by Crippen LogP contribution is -2.25. The molecular weight excluding hydrogens is 570 g/mol. The molecule has 0 aliphatic rings. The molecule has 0 N–H and O–H groups in total. The Morgan fingerprint density at radius 1 is 0.311 bits per heavy atom. The van der Waals surface area contributed by atoms with Gasteiger partial charge in [0.25, 0.3) is 0 Å². The Morgan fingerprint density at radius 3 is 0.911 bits per heavy atom. The van der Waals surface area contributed by atoms with Gasteiger partial charge in [0.1, 0.15) is 5.82 Å². The molecule has 45 heavy (non-hydrogen) atoms. The highest BCUT2D eigenvalue weighted by molar-refractivity contribution is 7.85. The predicted octanol–water partition coefficient (Wildman–Crippen LogP) is 10.4. The summed E-state index contributed by atoms with van der Waals surface area (Å²) in [6, 6.07) is 52.4. The number of benzene rings is 9. The fourth-order valence-corrected chi connectivity index (χ4v) is 9.94. The van der Waals surface area contributed by atoms with Gasteiger partial charge in [-0.2, -0.15) is 0 Å². The molecule has 0 atom stereocenters. The Labute approximate surface area is 259 Å². The Balaban J connectivity index is 1.38. The molecule has 9 aromatic carbocycles. The molecule has 3 heteroatoms. The average molecular weight is 597 g/mol. The van der Waals surface area contributed by atoms with E-state index in [9.17, 15) is 4.39 Å². The third kappa shape index (κ3) is 3.83. The van der Waals surface area contributed by atoms with Crippen molar-refractivity contribution >= 4 is 87.7 Å². The first-order chi connectivity index (χ1) is 22.1. The quantitative estimate of drug-likeness (QED) is 0.147. The van der Waals surface area contributed by atoms with Crippen molar-refractivity contribution in [1.82, 2.24) is 0 Å². The van der Waals surface area contributed by atoms with Crippen molar-refractivity contribution < 1.29 is 8.96 Å². The lowest BCUT2D eigenvalue weighted by molar-refractivity contribution is 0.592. The summed E-state index contributed by atoms with van der Waals surface area (Å²) in [7, 11) is -3.45.